The molecule has 3 rings (SSSR count). The summed E-state index contributed by atoms with van der Waals surface area (Å²) in [4.78, 5) is 16.4. The molecule has 1 amide bonds. The van der Waals surface area contributed by atoms with Gasteiger partial charge in [-0.1, -0.05) is 0 Å². The van der Waals surface area contributed by atoms with E-state index in [0.29, 0.717) is 29.4 Å². The van der Waals surface area contributed by atoms with E-state index in [-0.39, 0.29) is 12.5 Å². The minimum atomic E-state index is -0.906. The van der Waals surface area contributed by atoms with Gasteiger partial charge in [0.25, 0.3) is 5.91 Å². The lowest BCUT2D eigenvalue weighted by atomic mass is 10.1. The van der Waals surface area contributed by atoms with Gasteiger partial charge in [-0.05, 0) is 30.3 Å². The normalized spacial score (nSPS) is 11.8. The first-order valence-corrected chi connectivity index (χ1v) is 8.79. The van der Waals surface area contributed by atoms with E-state index in [1.54, 1.807) is 35.8 Å². The molecule has 2 heterocycles. The number of methoxy groups -OCH3 is 1. The number of carbonyl (C=O) groups excluding carboxylic acids is 1. The predicted octanol–water partition coefficient (Wildman–Crippen LogP) is 2.79. The number of carbonyl (C=O) groups is 1. The summed E-state index contributed by atoms with van der Waals surface area (Å²) in [5.41, 5.74) is 2.96. The fourth-order valence-corrected chi connectivity index (χ4v) is 2.80. The van der Waals surface area contributed by atoms with Crippen molar-refractivity contribution in [3.8, 4) is 11.5 Å². The second-order valence-corrected chi connectivity index (χ2v) is 6.09. The van der Waals surface area contributed by atoms with Crippen molar-refractivity contribution in [3.05, 3.63) is 64.5 Å². The van der Waals surface area contributed by atoms with Crippen molar-refractivity contribution in [3.63, 3.8) is 0 Å². The van der Waals surface area contributed by atoms with Crippen molar-refractivity contribution < 1.29 is 23.8 Å². The van der Waals surface area contributed by atoms with Crippen LogP contribution in [0.5, 0.6) is 11.5 Å². The van der Waals surface area contributed by atoms with Gasteiger partial charge in [0.05, 0.1) is 31.1 Å². The molecular formula is C18H18N2O5S. The molecule has 1 unspecified atom stereocenters. The molecule has 26 heavy (non-hydrogen) atoms. The Bertz CT molecular complexity index is 833. The van der Waals surface area contributed by atoms with Gasteiger partial charge in [0.15, 0.2) is 11.5 Å². The van der Waals surface area contributed by atoms with Crippen LogP contribution in [-0.2, 0) is 6.61 Å². The molecule has 0 spiro atoms. The number of aromatic nitrogens is 1. The number of rotatable bonds is 8. The Balaban J connectivity index is 1.61. The van der Waals surface area contributed by atoms with Crippen molar-refractivity contribution in [1.82, 2.24) is 10.3 Å². The van der Waals surface area contributed by atoms with Crippen LogP contribution in [0.25, 0.3) is 0 Å². The van der Waals surface area contributed by atoms with Crippen LogP contribution in [0.2, 0.25) is 0 Å². The Morgan fingerprint density at radius 3 is 2.96 bits per heavy atom. The quantitative estimate of drug-likeness (QED) is 0.630. The topological polar surface area (TPSA) is 93.8 Å². The van der Waals surface area contributed by atoms with Gasteiger partial charge in [-0.2, -0.15) is 0 Å². The molecule has 0 saturated carbocycles. The number of ether oxygens (including phenoxy) is 2. The minimum absolute atomic E-state index is 0.0384. The zero-order chi connectivity index (χ0) is 18.4. The maximum atomic E-state index is 12.3. The average molecular weight is 374 g/mol. The van der Waals surface area contributed by atoms with Crippen molar-refractivity contribution in [2.75, 3.05) is 13.7 Å². The fourth-order valence-electron chi connectivity index (χ4n) is 2.26. The summed E-state index contributed by atoms with van der Waals surface area (Å²) in [7, 11) is 1.51. The molecular weight excluding hydrogens is 356 g/mol. The summed E-state index contributed by atoms with van der Waals surface area (Å²) in [5, 5.41) is 14.5. The summed E-state index contributed by atoms with van der Waals surface area (Å²) >= 11 is 1.50. The number of nitrogens with one attached hydrogen (secondary N) is 1. The number of aliphatic hydroxyl groups excluding tert-OH is 1. The van der Waals surface area contributed by atoms with Gasteiger partial charge in [-0.25, -0.2) is 4.98 Å². The van der Waals surface area contributed by atoms with E-state index >= 15 is 0 Å². The molecule has 1 atom stereocenters. The highest BCUT2D eigenvalue weighted by atomic mass is 32.1. The van der Waals surface area contributed by atoms with Gasteiger partial charge in [-0.15, -0.1) is 11.3 Å². The van der Waals surface area contributed by atoms with Crippen LogP contribution in [0.15, 0.2) is 51.9 Å². The third-order valence-corrected chi connectivity index (χ3v) is 4.25. The lowest BCUT2D eigenvalue weighted by Crippen LogP contribution is -2.28. The Hall–Kier alpha value is -2.84. The monoisotopic (exact) mass is 374 g/mol. The van der Waals surface area contributed by atoms with Crippen LogP contribution < -0.4 is 14.8 Å². The number of thiazole rings is 1. The molecule has 2 aromatic heterocycles. The number of hydrogen-bond donors (Lipinski definition) is 2. The first-order valence-electron chi connectivity index (χ1n) is 7.85. The van der Waals surface area contributed by atoms with Crippen molar-refractivity contribution in [1.29, 1.82) is 0 Å². The molecule has 0 bridgehead atoms. The first kappa shape index (κ1) is 18.0. The molecule has 0 fully saturated rings. The lowest BCUT2D eigenvalue weighted by molar-refractivity contribution is 0.0900. The summed E-state index contributed by atoms with van der Waals surface area (Å²) in [6.07, 6.45) is 0.562. The highest BCUT2D eigenvalue weighted by molar-refractivity contribution is 7.07. The number of aliphatic hydroxyl groups is 1. The standard InChI is InChI=1S/C18H18N2O5S/c1-23-17-7-12(4-5-16(17)25-9-13-10-26-11-20-13)18(22)19-8-14(21)15-3-2-6-24-15/h2-7,10-11,14,21H,8-9H2,1H3,(H,19,22). The van der Waals surface area contributed by atoms with Gasteiger partial charge >= 0.3 is 0 Å². The zero-order valence-electron chi connectivity index (χ0n) is 14.0. The van der Waals surface area contributed by atoms with Gasteiger partial charge in [0.2, 0.25) is 0 Å². The van der Waals surface area contributed by atoms with E-state index in [2.05, 4.69) is 10.3 Å². The largest absolute Gasteiger partial charge is 0.493 e. The Kier molecular flexibility index (Phi) is 5.88. The number of nitrogens with zero attached hydrogens (tertiary/aromatic N) is 1. The van der Waals surface area contributed by atoms with Crippen LogP contribution in [0.1, 0.15) is 27.9 Å². The smallest absolute Gasteiger partial charge is 0.251 e. The molecule has 136 valence electrons. The molecule has 8 heteroatoms. The van der Waals surface area contributed by atoms with Crippen LogP contribution in [0, 0.1) is 0 Å². The van der Waals surface area contributed by atoms with E-state index < -0.39 is 6.10 Å². The van der Waals surface area contributed by atoms with Gasteiger partial charge in [0.1, 0.15) is 18.5 Å². The Morgan fingerprint density at radius 1 is 1.38 bits per heavy atom. The molecule has 3 aromatic rings. The third-order valence-electron chi connectivity index (χ3n) is 3.61. The number of amides is 1. The van der Waals surface area contributed by atoms with Crippen molar-refractivity contribution in [2.24, 2.45) is 0 Å². The van der Waals surface area contributed by atoms with Crippen molar-refractivity contribution >= 4 is 17.2 Å². The lowest BCUT2D eigenvalue weighted by Gasteiger charge is -2.13. The highest BCUT2D eigenvalue weighted by Crippen LogP contribution is 2.29. The SMILES string of the molecule is COc1cc(C(=O)NCC(O)c2ccco2)ccc1OCc1cscn1. The molecule has 0 aliphatic carbocycles. The van der Waals surface area contributed by atoms with E-state index in [1.807, 2.05) is 5.38 Å². The average Bonchev–Trinajstić information content (AvgIpc) is 3.37. The van der Waals surface area contributed by atoms with Crippen molar-refractivity contribution in [2.45, 2.75) is 12.7 Å². The molecule has 0 radical (unpaired) electrons. The summed E-state index contributed by atoms with van der Waals surface area (Å²) < 4.78 is 16.1. The number of benzene rings is 1. The zero-order valence-corrected chi connectivity index (χ0v) is 14.9. The molecule has 1 aromatic carbocycles. The predicted molar refractivity (Wildman–Crippen MR) is 95.4 cm³/mol. The number of hydrogen-bond acceptors (Lipinski definition) is 7. The molecule has 7 nitrogen and oxygen atoms in total. The Labute approximate surface area is 154 Å². The van der Waals surface area contributed by atoms with Crippen LogP contribution in [0.4, 0.5) is 0 Å². The first-order chi connectivity index (χ1) is 12.7. The maximum absolute atomic E-state index is 12.3. The fraction of sp³-hybridized carbons (Fsp3) is 0.222. The van der Waals surface area contributed by atoms with Crippen LogP contribution in [-0.4, -0.2) is 29.7 Å². The van der Waals surface area contributed by atoms with Gasteiger partial charge < -0.3 is 24.3 Å². The third kappa shape index (κ3) is 4.41. The van der Waals surface area contributed by atoms with E-state index in [0.717, 1.165) is 5.69 Å². The molecule has 2 N–H and O–H groups in total. The summed E-state index contributed by atoms with van der Waals surface area (Å²) in [5.74, 6) is 1.03. The van der Waals surface area contributed by atoms with Crippen LogP contribution >= 0.6 is 11.3 Å². The maximum Gasteiger partial charge on any atom is 0.251 e. The molecule has 0 aliphatic heterocycles. The number of furan rings is 1. The second kappa shape index (κ2) is 8.50. The summed E-state index contributed by atoms with van der Waals surface area (Å²) in [6.45, 7) is 0.359. The van der Waals surface area contributed by atoms with E-state index in [1.165, 1.54) is 24.7 Å². The Morgan fingerprint density at radius 2 is 2.27 bits per heavy atom. The van der Waals surface area contributed by atoms with E-state index in [9.17, 15) is 9.90 Å². The highest BCUT2D eigenvalue weighted by Gasteiger charge is 2.15. The second-order valence-electron chi connectivity index (χ2n) is 5.38. The minimum Gasteiger partial charge on any atom is -0.493 e. The van der Waals surface area contributed by atoms with Crippen LogP contribution in [0.3, 0.4) is 0 Å². The molecule has 0 aliphatic rings. The summed E-state index contributed by atoms with van der Waals surface area (Å²) in [6, 6.07) is 8.21. The van der Waals surface area contributed by atoms with Gasteiger partial charge in [-0.3, -0.25) is 4.79 Å². The molecule has 0 saturated heterocycles. The van der Waals surface area contributed by atoms with Gasteiger partial charge in [0, 0.05) is 10.9 Å². The van der Waals surface area contributed by atoms with E-state index in [4.69, 9.17) is 13.9 Å².